The summed E-state index contributed by atoms with van der Waals surface area (Å²) in [6.45, 7) is 7.85. The Bertz CT molecular complexity index is 834. The highest BCUT2D eigenvalue weighted by Gasteiger charge is 2.34. The molecule has 7 nitrogen and oxygen atoms in total. The van der Waals surface area contributed by atoms with Crippen molar-refractivity contribution in [2.24, 2.45) is 5.41 Å². The minimum absolute atomic E-state index is 0.0480. The Balaban J connectivity index is 1.53. The Morgan fingerprint density at radius 3 is 2.89 bits per heavy atom. The number of carbonyl (C=O) groups excluding carboxylic acids is 1. The van der Waals surface area contributed by atoms with Crippen LogP contribution in [0.1, 0.15) is 37.6 Å². The number of ether oxygens (including phenoxy) is 1. The van der Waals surface area contributed by atoms with Crippen LogP contribution in [0.25, 0.3) is 11.4 Å². The maximum atomic E-state index is 12.6. The largest absolute Gasteiger partial charge is 0.379 e. The summed E-state index contributed by atoms with van der Waals surface area (Å²) in [5, 5.41) is 3.22. The summed E-state index contributed by atoms with van der Waals surface area (Å²) in [5.74, 6) is 0.731. The van der Waals surface area contributed by atoms with E-state index in [-0.39, 0.29) is 17.4 Å². The van der Waals surface area contributed by atoms with E-state index in [1.54, 1.807) is 12.4 Å². The van der Waals surface area contributed by atoms with Crippen LogP contribution in [0.5, 0.6) is 0 Å². The molecule has 1 fully saturated rings. The first-order valence-corrected chi connectivity index (χ1v) is 9.86. The smallest absolute Gasteiger partial charge is 0.234 e. The predicted octanol–water partition coefficient (Wildman–Crippen LogP) is 2.00. The van der Waals surface area contributed by atoms with Gasteiger partial charge in [0.1, 0.15) is 0 Å². The monoisotopic (exact) mass is 381 g/mol. The van der Waals surface area contributed by atoms with Crippen LogP contribution in [-0.2, 0) is 16.0 Å². The Morgan fingerprint density at radius 1 is 1.32 bits per heavy atom. The minimum atomic E-state index is -0.0600. The zero-order valence-electron chi connectivity index (χ0n) is 16.5. The first-order valence-electron chi connectivity index (χ1n) is 9.86. The number of hydrogen-bond acceptors (Lipinski definition) is 6. The van der Waals surface area contributed by atoms with E-state index in [1.165, 1.54) is 0 Å². The number of nitrogens with one attached hydrogen (secondary N) is 1. The molecule has 1 atom stereocenters. The lowest BCUT2D eigenvalue weighted by molar-refractivity contribution is -0.124. The van der Waals surface area contributed by atoms with Crippen LogP contribution in [-0.4, -0.2) is 58.6 Å². The second-order valence-corrected chi connectivity index (χ2v) is 8.39. The van der Waals surface area contributed by atoms with Crippen molar-refractivity contribution in [1.29, 1.82) is 0 Å². The van der Waals surface area contributed by atoms with E-state index in [1.807, 2.05) is 18.3 Å². The molecule has 0 bridgehead atoms. The molecular formula is C21H27N5O2. The number of rotatable bonds is 4. The molecule has 2 aromatic heterocycles. The molecule has 0 aromatic carbocycles. The molecular weight excluding hydrogens is 354 g/mol. The van der Waals surface area contributed by atoms with E-state index >= 15 is 0 Å². The summed E-state index contributed by atoms with van der Waals surface area (Å²) in [6, 6.07) is 3.79. The summed E-state index contributed by atoms with van der Waals surface area (Å²) >= 11 is 0. The summed E-state index contributed by atoms with van der Waals surface area (Å²) < 4.78 is 5.36. The number of amides is 1. The maximum Gasteiger partial charge on any atom is 0.234 e. The summed E-state index contributed by atoms with van der Waals surface area (Å²) in [7, 11) is 0. The van der Waals surface area contributed by atoms with Gasteiger partial charge < -0.3 is 10.1 Å². The number of pyridine rings is 1. The minimum Gasteiger partial charge on any atom is -0.379 e. The van der Waals surface area contributed by atoms with E-state index < -0.39 is 0 Å². The molecule has 2 aliphatic rings. The SMILES string of the molecule is CC1(C)Cc2nc(-c3cccnc3)ncc2C(NC(=O)CN2CCOCC2)C1. The van der Waals surface area contributed by atoms with Gasteiger partial charge in [-0.05, 0) is 30.4 Å². The lowest BCUT2D eigenvalue weighted by Crippen LogP contribution is -2.45. The highest BCUT2D eigenvalue weighted by Crippen LogP contribution is 2.40. The molecule has 0 saturated carbocycles. The van der Waals surface area contributed by atoms with Gasteiger partial charge in [-0.25, -0.2) is 9.97 Å². The Labute approximate surface area is 165 Å². The van der Waals surface area contributed by atoms with E-state index in [0.29, 0.717) is 25.6 Å². The lowest BCUT2D eigenvalue weighted by atomic mass is 9.74. The molecule has 28 heavy (non-hydrogen) atoms. The van der Waals surface area contributed by atoms with E-state index in [0.717, 1.165) is 42.8 Å². The molecule has 4 rings (SSSR count). The van der Waals surface area contributed by atoms with Crippen molar-refractivity contribution in [2.75, 3.05) is 32.8 Å². The van der Waals surface area contributed by atoms with E-state index in [9.17, 15) is 4.79 Å². The molecule has 1 aliphatic carbocycles. The number of fused-ring (bicyclic) bond motifs is 1. The number of aromatic nitrogens is 3. The van der Waals surface area contributed by atoms with Crippen LogP contribution in [0.4, 0.5) is 0 Å². The first kappa shape index (κ1) is 19.0. The highest BCUT2D eigenvalue weighted by molar-refractivity contribution is 5.78. The van der Waals surface area contributed by atoms with Crippen LogP contribution < -0.4 is 5.32 Å². The Hall–Kier alpha value is -2.38. The van der Waals surface area contributed by atoms with Crippen molar-refractivity contribution in [2.45, 2.75) is 32.7 Å². The molecule has 148 valence electrons. The second kappa shape index (κ2) is 7.93. The number of hydrogen-bond donors (Lipinski definition) is 1. The summed E-state index contributed by atoms with van der Waals surface area (Å²) in [4.78, 5) is 28.3. The Kier molecular flexibility index (Phi) is 5.37. The van der Waals surface area contributed by atoms with Crippen LogP contribution in [0, 0.1) is 5.41 Å². The third-order valence-electron chi connectivity index (χ3n) is 5.40. The van der Waals surface area contributed by atoms with Crippen molar-refractivity contribution >= 4 is 5.91 Å². The van der Waals surface area contributed by atoms with Crippen molar-refractivity contribution in [3.63, 3.8) is 0 Å². The van der Waals surface area contributed by atoms with Crippen LogP contribution in [0.15, 0.2) is 30.7 Å². The number of morpholine rings is 1. The highest BCUT2D eigenvalue weighted by atomic mass is 16.5. The van der Waals surface area contributed by atoms with Crippen molar-refractivity contribution in [1.82, 2.24) is 25.2 Å². The molecule has 1 aliphatic heterocycles. The van der Waals surface area contributed by atoms with Gasteiger partial charge >= 0.3 is 0 Å². The molecule has 2 aromatic rings. The van der Waals surface area contributed by atoms with Crippen LogP contribution in [0.2, 0.25) is 0 Å². The maximum absolute atomic E-state index is 12.6. The molecule has 1 N–H and O–H groups in total. The molecule has 7 heteroatoms. The van der Waals surface area contributed by atoms with Crippen LogP contribution in [0.3, 0.4) is 0 Å². The van der Waals surface area contributed by atoms with Crippen molar-refractivity contribution < 1.29 is 9.53 Å². The predicted molar refractivity (Wildman–Crippen MR) is 106 cm³/mol. The van der Waals surface area contributed by atoms with Crippen molar-refractivity contribution in [3.8, 4) is 11.4 Å². The topological polar surface area (TPSA) is 80.2 Å². The van der Waals surface area contributed by atoms with Gasteiger partial charge in [0, 0.05) is 42.8 Å². The third kappa shape index (κ3) is 4.36. The molecule has 1 saturated heterocycles. The second-order valence-electron chi connectivity index (χ2n) is 8.39. The average molecular weight is 381 g/mol. The summed E-state index contributed by atoms with van der Waals surface area (Å²) in [5.41, 5.74) is 3.01. The third-order valence-corrected chi connectivity index (χ3v) is 5.40. The zero-order valence-corrected chi connectivity index (χ0v) is 16.5. The normalized spacial score (nSPS) is 21.7. The fraction of sp³-hybridized carbons (Fsp3) is 0.524. The van der Waals surface area contributed by atoms with Gasteiger partial charge in [-0.1, -0.05) is 13.8 Å². The zero-order chi connectivity index (χ0) is 19.6. The van der Waals surface area contributed by atoms with Gasteiger partial charge in [0.05, 0.1) is 31.5 Å². The fourth-order valence-electron chi connectivity index (χ4n) is 4.01. The molecule has 3 heterocycles. The van der Waals surface area contributed by atoms with Gasteiger partial charge in [0.25, 0.3) is 0 Å². The van der Waals surface area contributed by atoms with Gasteiger partial charge in [-0.15, -0.1) is 0 Å². The number of nitrogens with zero attached hydrogens (tertiary/aromatic N) is 4. The molecule has 1 unspecified atom stereocenters. The van der Waals surface area contributed by atoms with Gasteiger partial charge in [-0.3, -0.25) is 14.7 Å². The Morgan fingerprint density at radius 2 is 2.14 bits per heavy atom. The average Bonchev–Trinajstić information content (AvgIpc) is 2.68. The van der Waals surface area contributed by atoms with E-state index in [2.05, 4.69) is 34.0 Å². The molecule has 0 spiro atoms. The standard InChI is InChI=1S/C21H27N5O2/c1-21(2)10-17(24-19(27)14-26-6-8-28-9-7-26)16-13-23-20(25-18(16)11-21)15-4-3-5-22-12-15/h3-5,12-13,17H,6-11,14H2,1-2H3,(H,24,27). The summed E-state index contributed by atoms with van der Waals surface area (Å²) in [6.07, 6.45) is 7.14. The van der Waals surface area contributed by atoms with E-state index in [4.69, 9.17) is 9.72 Å². The van der Waals surface area contributed by atoms with Gasteiger partial charge in [0.2, 0.25) is 5.91 Å². The van der Waals surface area contributed by atoms with Crippen LogP contribution >= 0.6 is 0 Å². The van der Waals surface area contributed by atoms with Crippen molar-refractivity contribution in [3.05, 3.63) is 42.0 Å². The molecule has 1 amide bonds. The molecule has 0 radical (unpaired) electrons. The first-order chi connectivity index (χ1) is 13.5. The quantitative estimate of drug-likeness (QED) is 0.873. The fourth-order valence-corrected chi connectivity index (χ4v) is 4.01. The number of carbonyl (C=O) groups is 1. The lowest BCUT2D eigenvalue weighted by Gasteiger charge is -2.37. The van der Waals surface area contributed by atoms with Gasteiger partial charge in [-0.2, -0.15) is 0 Å². The van der Waals surface area contributed by atoms with Gasteiger partial charge in [0.15, 0.2) is 5.82 Å².